The summed E-state index contributed by atoms with van der Waals surface area (Å²) in [6, 6.07) is 0. The fourth-order valence-electron chi connectivity index (χ4n) is 0.386. The Balaban J connectivity index is 0.000000360. The van der Waals surface area contributed by atoms with Gasteiger partial charge in [-0.2, -0.15) is 0 Å². The molecule has 0 bridgehead atoms. The fourth-order valence-corrected chi connectivity index (χ4v) is 1.01. The largest absolute Gasteiger partial charge is 0.285 e. The third-order valence-electron chi connectivity index (χ3n) is 0.659. The Morgan fingerprint density at radius 1 is 1.71 bits per heavy atom. The van der Waals surface area contributed by atoms with Gasteiger partial charge in [-0.05, 0) is 0 Å². The topological polar surface area (TPSA) is 38.0 Å². The van der Waals surface area contributed by atoms with E-state index in [9.17, 15) is 0 Å². The van der Waals surface area contributed by atoms with Crippen LogP contribution in [0.2, 0.25) is 0 Å². The molecule has 7 heavy (non-hydrogen) atoms. The van der Waals surface area contributed by atoms with Crippen molar-refractivity contribution in [3.8, 4) is 0 Å². The van der Waals surface area contributed by atoms with Crippen molar-refractivity contribution in [3.63, 3.8) is 0 Å². The molecule has 1 rings (SSSR count). The number of nitrogens with one attached hydrogen (secondary N) is 1. The molecule has 4 heteroatoms. The molecule has 1 radical (unpaired) electrons. The average Bonchev–Trinajstić information content (AvgIpc) is 1.86. The van der Waals surface area contributed by atoms with Crippen molar-refractivity contribution < 1.29 is 0 Å². The minimum absolute atomic E-state index is 0. The number of halogens is 1. The van der Waals surface area contributed by atoms with Gasteiger partial charge in [-0.1, -0.05) is 0 Å². The molecule has 0 aliphatic carbocycles. The Morgan fingerprint density at radius 2 is 2.43 bits per heavy atom. The molecular weight excluding hydrogens is 132 g/mol. The van der Waals surface area contributed by atoms with E-state index in [2.05, 4.69) is 5.32 Å². The molecule has 0 fully saturated rings. The smallest absolute Gasteiger partial charge is 0.106 e. The van der Waals surface area contributed by atoms with Gasteiger partial charge in [0.15, 0.2) is 0 Å². The molecule has 0 saturated heterocycles. The van der Waals surface area contributed by atoms with Crippen LogP contribution >= 0.6 is 23.8 Å². The first-order valence-electron chi connectivity index (χ1n) is 1.89. The first kappa shape index (κ1) is 7.30. The highest BCUT2D eigenvalue weighted by atomic mass is 35.5. The van der Waals surface area contributed by atoms with Gasteiger partial charge in [0.25, 0.3) is 0 Å². The summed E-state index contributed by atoms with van der Waals surface area (Å²) in [4.78, 5) is 0. The molecule has 0 aromatic carbocycles. The van der Waals surface area contributed by atoms with E-state index in [0.29, 0.717) is 0 Å². The van der Waals surface area contributed by atoms with Crippen molar-refractivity contribution in [1.82, 2.24) is 5.32 Å². The number of hydrogen-bond donors (Lipinski definition) is 2. The maximum absolute atomic E-state index is 5.30. The summed E-state index contributed by atoms with van der Waals surface area (Å²) >= 11 is 1.68. The van der Waals surface area contributed by atoms with Crippen LogP contribution < -0.4 is 11.1 Å². The second-order valence-electron chi connectivity index (χ2n) is 1.14. The lowest BCUT2D eigenvalue weighted by atomic mass is 10.8. The minimum atomic E-state index is 0. The standard InChI is InChI=1S/C3H7N2S.ClH/c4-3-5-1-2-6-3;/h5H,1-2,4H2;1H. The van der Waals surface area contributed by atoms with Gasteiger partial charge in [-0.3, -0.25) is 11.1 Å². The highest BCUT2D eigenvalue weighted by molar-refractivity contribution is 7.98. The van der Waals surface area contributed by atoms with Crippen molar-refractivity contribution in [3.05, 3.63) is 0 Å². The Hall–Kier alpha value is 0.300. The first-order valence-corrected chi connectivity index (χ1v) is 2.87. The van der Waals surface area contributed by atoms with Gasteiger partial charge in [0.1, 0.15) is 5.11 Å². The van der Waals surface area contributed by atoms with E-state index in [-0.39, 0.29) is 12.4 Å². The van der Waals surface area contributed by atoms with Crippen LogP contribution in [-0.2, 0) is 0 Å². The zero-order valence-electron chi connectivity index (χ0n) is 3.81. The monoisotopic (exact) mass is 139 g/mol. The average molecular weight is 140 g/mol. The molecule has 0 saturated carbocycles. The van der Waals surface area contributed by atoms with Crippen LogP contribution in [0.25, 0.3) is 0 Å². The van der Waals surface area contributed by atoms with Crippen LogP contribution in [0.5, 0.6) is 0 Å². The summed E-state index contributed by atoms with van der Waals surface area (Å²) in [5, 5.41) is 3.85. The SMILES string of the molecule is Cl.NC1=[S]CCN1. The molecule has 3 N–H and O–H groups in total. The van der Waals surface area contributed by atoms with E-state index in [4.69, 9.17) is 5.73 Å². The first-order chi connectivity index (χ1) is 2.89. The molecular formula is C3H8ClN2S. The molecule has 0 unspecified atom stereocenters. The van der Waals surface area contributed by atoms with Crippen molar-refractivity contribution >= 4 is 28.9 Å². The van der Waals surface area contributed by atoms with Crippen LogP contribution in [0, 0.1) is 0 Å². The van der Waals surface area contributed by atoms with E-state index in [1.165, 1.54) is 0 Å². The zero-order chi connectivity index (χ0) is 4.41. The summed E-state index contributed by atoms with van der Waals surface area (Å²) in [5.74, 6) is 1.13. The van der Waals surface area contributed by atoms with E-state index in [0.717, 1.165) is 17.4 Å². The highest BCUT2D eigenvalue weighted by Gasteiger charge is 1.94. The summed E-state index contributed by atoms with van der Waals surface area (Å²) in [7, 11) is 0. The van der Waals surface area contributed by atoms with Gasteiger partial charge < -0.3 is 0 Å². The van der Waals surface area contributed by atoms with Gasteiger partial charge in [0.05, 0.1) is 0 Å². The normalized spacial score (nSPS) is 18.1. The molecule has 43 valence electrons. The third kappa shape index (κ3) is 2.19. The van der Waals surface area contributed by atoms with Gasteiger partial charge in [-0.25, -0.2) is 0 Å². The van der Waals surface area contributed by atoms with Gasteiger partial charge in [0.2, 0.25) is 0 Å². The lowest BCUT2D eigenvalue weighted by molar-refractivity contribution is 1.00. The van der Waals surface area contributed by atoms with Crippen molar-refractivity contribution in [2.75, 3.05) is 12.3 Å². The lowest BCUT2D eigenvalue weighted by Gasteiger charge is -1.84. The van der Waals surface area contributed by atoms with Crippen LogP contribution in [-0.4, -0.2) is 17.4 Å². The van der Waals surface area contributed by atoms with Gasteiger partial charge in [-0.15, -0.1) is 23.8 Å². The summed E-state index contributed by atoms with van der Waals surface area (Å²) in [6.07, 6.45) is 0. The Labute approximate surface area is 52.8 Å². The maximum atomic E-state index is 5.30. The second kappa shape index (κ2) is 3.32. The summed E-state index contributed by atoms with van der Waals surface area (Å²) in [6.45, 7) is 1.04. The number of hydrogen-bond acceptors (Lipinski definition) is 2. The summed E-state index contributed by atoms with van der Waals surface area (Å²) in [5.41, 5.74) is 5.30. The second-order valence-corrected chi connectivity index (χ2v) is 2.28. The predicted molar refractivity (Wildman–Crippen MR) is 36.9 cm³/mol. The summed E-state index contributed by atoms with van der Waals surface area (Å²) < 4.78 is 0. The molecule has 0 aromatic rings. The van der Waals surface area contributed by atoms with E-state index in [1.54, 1.807) is 11.4 Å². The Kier molecular flexibility index (Phi) is 3.46. The minimum Gasteiger partial charge on any atom is -0.285 e. The molecule has 1 aliphatic heterocycles. The van der Waals surface area contributed by atoms with E-state index >= 15 is 0 Å². The van der Waals surface area contributed by atoms with Gasteiger partial charge >= 0.3 is 0 Å². The molecule has 1 heterocycles. The maximum Gasteiger partial charge on any atom is 0.106 e. The molecule has 2 nitrogen and oxygen atoms in total. The quantitative estimate of drug-likeness (QED) is 0.456. The van der Waals surface area contributed by atoms with Crippen molar-refractivity contribution in [2.45, 2.75) is 0 Å². The van der Waals surface area contributed by atoms with Crippen LogP contribution in [0.4, 0.5) is 0 Å². The fraction of sp³-hybridized carbons (Fsp3) is 0.667. The zero-order valence-corrected chi connectivity index (χ0v) is 5.44. The van der Waals surface area contributed by atoms with Crippen LogP contribution in [0.15, 0.2) is 0 Å². The van der Waals surface area contributed by atoms with E-state index < -0.39 is 0 Å². The lowest BCUT2D eigenvalue weighted by Crippen LogP contribution is -2.25. The molecule has 0 atom stereocenters. The van der Waals surface area contributed by atoms with Crippen molar-refractivity contribution in [1.29, 1.82) is 0 Å². The molecule has 1 aliphatic rings. The van der Waals surface area contributed by atoms with Gasteiger partial charge in [0, 0.05) is 12.3 Å². The number of nitrogens with two attached hydrogens (primary N) is 1. The Morgan fingerprint density at radius 3 is 2.57 bits per heavy atom. The van der Waals surface area contributed by atoms with Crippen LogP contribution in [0.3, 0.4) is 0 Å². The van der Waals surface area contributed by atoms with Crippen molar-refractivity contribution in [2.24, 2.45) is 5.73 Å². The van der Waals surface area contributed by atoms with Crippen LogP contribution in [0.1, 0.15) is 0 Å². The molecule has 0 aromatic heterocycles. The highest BCUT2D eigenvalue weighted by Crippen LogP contribution is 1.88. The Bertz CT molecular complexity index is 83.0. The number of rotatable bonds is 0. The molecule has 0 spiro atoms. The third-order valence-corrected chi connectivity index (χ3v) is 1.52. The predicted octanol–water partition coefficient (Wildman–Crippen LogP) is -0.209. The van der Waals surface area contributed by atoms with E-state index in [1.807, 2.05) is 0 Å². The molecule has 0 amide bonds.